The smallest absolute Gasteiger partial charge is 0.322 e. The van der Waals surface area contributed by atoms with Gasteiger partial charge in [0.05, 0.1) is 12.8 Å². The minimum atomic E-state index is -0.197. The summed E-state index contributed by atoms with van der Waals surface area (Å²) in [4.78, 5) is 14.3. The molecule has 0 radical (unpaired) electrons. The van der Waals surface area contributed by atoms with E-state index in [4.69, 9.17) is 16.0 Å². The highest BCUT2D eigenvalue weighted by molar-refractivity contribution is 6.30. The van der Waals surface area contributed by atoms with Crippen LogP contribution in [0.2, 0.25) is 5.02 Å². The Labute approximate surface area is 145 Å². The molecule has 0 aliphatic carbocycles. The number of carbonyl (C=O) groups is 1. The number of para-hydroxylation sites is 1. The van der Waals surface area contributed by atoms with Gasteiger partial charge in [0, 0.05) is 17.3 Å². The lowest BCUT2D eigenvalue weighted by molar-refractivity contribution is 0.201. The fourth-order valence-corrected chi connectivity index (χ4v) is 2.58. The molecule has 3 rings (SSSR count). The van der Waals surface area contributed by atoms with Gasteiger partial charge in [0.25, 0.3) is 0 Å². The predicted molar refractivity (Wildman–Crippen MR) is 94.9 cm³/mol. The van der Waals surface area contributed by atoms with Crippen LogP contribution in [0, 0.1) is 0 Å². The first-order valence-corrected chi connectivity index (χ1v) is 7.96. The Morgan fingerprint density at radius 1 is 1.00 bits per heavy atom. The summed E-state index contributed by atoms with van der Waals surface area (Å²) in [5, 5.41) is 3.55. The number of halogens is 1. The van der Waals surface area contributed by atoms with Crippen molar-refractivity contribution in [3.63, 3.8) is 0 Å². The standard InChI is InChI=1S/C19H17ClN2O2/c20-16-7-4-6-15(12-16)13-22(14-18-10-5-11-24-18)19(23)21-17-8-2-1-3-9-17/h1-12H,13-14H2,(H,21,23). The molecule has 1 N–H and O–H groups in total. The summed E-state index contributed by atoms with van der Waals surface area (Å²) in [5.74, 6) is 0.722. The Morgan fingerprint density at radius 2 is 1.83 bits per heavy atom. The van der Waals surface area contributed by atoms with Crippen molar-refractivity contribution in [3.05, 3.63) is 89.3 Å². The van der Waals surface area contributed by atoms with Crippen LogP contribution in [0.1, 0.15) is 11.3 Å². The van der Waals surface area contributed by atoms with E-state index in [1.54, 1.807) is 11.2 Å². The maximum Gasteiger partial charge on any atom is 0.322 e. The number of rotatable bonds is 5. The van der Waals surface area contributed by atoms with E-state index in [2.05, 4.69) is 5.32 Å². The number of anilines is 1. The van der Waals surface area contributed by atoms with Gasteiger partial charge in [-0.2, -0.15) is 0 Å². The third-order valence-corrected chi connectivity index (χ3v) is 3.74. The largest absolute Gasteiger partial charge is 0.467 e. The van der Waals surface area contributed by atoms with E-state index in [0.717, 1.165) is 17.0 Å². The number of nitrogens with one attached hydrogen (secondary N) is 1. The van der Waals surface area contributed by atoms with Gasteiger partial charge in [0.15, 0.2) is 0 Å². The van der Waals surface area contributed by atoms with E-state index in [-0.39, 0.29) is 6.03 Å². The summed E-state index contributed by atoms with van der Waals surface area (Å²) in [6.07, 6.45) is 1.60. The van der Waals surface area contributed by atoms with E-state index >= 15 is 0 Å². The fraction of sp³-hybridized carbons (Fsp3) is 0.105. The summed E-state index contributed by atoms with van der Waals surface area (Å²) in [6.45, 7) is 0.804. The number of nitrogens with zero attached hydrogens (tertiary/aromatic N) is 1. The van der Waals surface area contributed by atoms with Crippen LogP contribution in [-0.4, -0.2) is 10.9 Å². The molecule has 2 aromatic carbocycles. The molecule has 1 aromatic heterocycles. The topological polar surface area (TPSA) is 45.5 Å². The van der Waals surface area contributed by atoms with Crippen LogP contribution in [0.25, 0.3) is 0 Å². The maximum atomic E-state index is 12.7. The summed E-state index contributed by atoms with van der Waals surface area (Å²) >= 11 is 6.04. The summed E-state index contributed by atoms with van der Waals surface area (Å²) in [7, 11) is 0. The monoisotopic (exact) mass is 340 g/mol. The lowest BCUT2D eigenvalue weighted by Gasteiger charge is -2.22. The number of amides is 2. The molecule has 0 fully saturated rings. The Hall–Kier alpha value is -2.72. The molecule has 3 aromatic rings. The molecule has 0 bridgehead atoms. The van der Waals surface area contributed by atoms with Gasteiger partial charge in [-0.3, -0.25) is 0 Å². The van der Waals surface area contributed by atoms with E-state index in [0.29, 0.717) is 18.1 Å². The molecular formula is C19H17ClN2O2. The molecule has 5 heteroatoms. The molecule has 24 heavy (non-hydrogen) atoms. The molecule has 0 saturated carbocycles. The molecule has 0 atom stereocenters. The van der Waals surface area contributed by atoms with E-state index in [9.17, 15) is 4.79 Å². The van der Waals surface area contributed by atoms with Crippen molar-refractivity contribution in [2.45, 2.75) is 13.1 Å². The van der Waals surface area contributed by atoms with E-state index in [1.165, 1.54) is 0 Å². The van der Waals surface area contributed by atoms with Gasteiger partial charge in [-0.25, -0.2) is 4.79 Å². The highest BCUT2D eigenvalue weighted by atomic mass is 35.5. The molecule has 0 saturated heterocycles. The lowest BCUT2D eigenvalue weighted by Crippen LogP contribution is -2.33. The molecule has 4 nitrogen and oxygen atoms in total. The van der Waals surface area contributed by atoms with Gasteiger partial charge in [0.2, 0.25) is 0 Å². The zero-order valence-corrected chi connectivity index (χ0v) is 13.7. The van der Waals surface area contributed by atoms with Crippen LogP contribution in [0.3, 0.4) is 0 Å². The van der Waals surface area contributed by atoms with Crippen LogP contribution in [0.4, 0.5) is 10.5 Å². The van der Waals surface area contributed by atoms with Gasteiger partial charge in [-0.1, -0.05) is 41.9 Å². The Morgan fingerprint density at radius 3 is 2.54 bits per heavy atom. The van der Waals surface area contributed by atoms with Crippen molar-refractivity contribution in [2.75, 3.05) is 5.32 Å². The molecular weight excluding hydrogens is 324 g/mol. The van der Waals surface area contributed by atoms with Crippen LogP contribution in [-0.2, 0) is 13.1 Å². The molecule has 122 valence electrons. The summed E-state index contributed by atoms with van der Waals surface area (Å²) in [5.41, 5.74) is 1.70. The van der Waals surface area contributed by atoms with Crippen molar-refractivity contribution < 1.29 is 9.21 Å². The van der Waals surface area contributed by atoms with Crippen molar-refractivity contribution in [1.29, 1.82) is 0 Å². The number of urea groups is 1. The number of furan rings is 1. The van der Waals surface area contributed by atoms with E-state index < -0.39 is 0 Å². The lowest BCUT2D eigenvalue weighted by atomic mass is 10.2. The van der Waals surface area contributed by atoms with Gasteiger partial charge in [0.1, 0.15) is 5.76 Å². The average Bonchev–Trinajstić information content (AvgIpc) is 3.08. The molecule has 0 spiro atoms. The van der Waals surface area contributed by atoms with Gasteiger partial charge in [-0.05, 0) is 42.0 Å². The zero-order chi connectivity index (χ0) is 16.8. The highest BCUT2D eigenvalue weighted by Gasteiger charge is 2.16. The van der Waals surface area contributed by atoms with Gasteiger partial charge < -0.3 is 14.6 Å². The highest BCUT2D eigenvalue weighted by Crippen LogP contribution is 2.16. The molecule has 0 unspecified atom stereocenters. The Balaban J connectivity index is 1.77. The first-order valence-electron chi connectivity index (χ1n) is 7.58. The van der Waals surface area contributed by atoms with Crippen molar-refractivity contribution >= 4 is 23.3 Å². The summed E-state index contributed by atoms with van der Waals surface area (Å²) < 4.78 is 5.38. The molecule has 1 heterocycles. The number of carbonyl (C=O) groups excluding carboxylic acids is 1. The average molecular weight is 341 g/mol. The van der Waals surface area contributed by atoms with Crippen molar-refractivity contribution in [2.24, 2.45) is 0 Å². The quantitative estimate of drug-likeness (QED) is 0.696. The Bertz CT molecular complexity index is 788. The first-order chi connectivity index (χ1) is 11.7. The minimum absolute atomic E-state index is 0.197. The van der Waals surface area contributed by atoms with Gasteiger partial charge in [-0.15, -0.1) is 0 Å². The second-order valence-corrected chi connectivity index (χ2v) is 5.80. The Kier molecular flexibility index (Phi) is 5.18. The second kappa shape index (κ2) is 7.70. The number of hydrogen-bond acceptors (Lipinski definition) is 2. The molecule has 2 amide bonds. The van der Waals surface area contributed by atoms with Crippen LogP contribution in [0.15, 0.2) is 77.4 Å². The van der Waals surface area contributed by atoms with Crippen LogP contribution in [0.5, 0.6) is 0 Å². The van der Waals surface area contributed by atoms with E-state index in [1.807, 2.05) is 66.7 Å². The zero-order valence-electron chi connectivity index (χ0n) is 13.0. The predicted octanol–water partition coefficient (Wildman–Crippen LogP) is 5.17. The van der Waals surface area contributed by atoms with Crippen LogP contribution < -0.4 is 5.32 Å². The number of hydrogen-bond donors (Lipinski definition) is 1. The van der Waals surface area contributed by atoms with Crippen molar-refractivity contribution in [1.82, 2.24) is 4.90 Å². The molecule has 0 aliphatic rings. The molecule has 0 aliphatic heterocycles. The summed E-state index contributed by atoms with van der Waals surface area (Å²) in [6, 6.07) is 20.3. The maximum absolute atomic E-state index is 12.7. The first kappa shape index (κ1) is 16.1. The third-order valence-electron chi connectivity index (χ3n) is 3.50. The second-order valence-electron chi connectivity index (χ2n) is 5.36. The fourth-order valence-electron chi connectivity index (χ4n) is 2.37. The number of benzene rings is 2. The minimum Gasteiger partial charge on any atom is -0.467 e. The third kappa shape index (κ3) is 4.40. The van der Waals surface area contributed by atoms with Gasteiger partial charge >= 0.3 is 6.03 Å². The van der Waals surface area contributed by atoms with Crippen LogP contribution >= 0.6 is 11.6 Å². The normalized spacial score (nSPS) is 10.4. The SMILES string of the molecule is O=C(Nc1ccccc1)N(Cc1cccc(Cl)c1)Cc1ccco1. The van der Waals surface area contributed by atoms with Crippen molar-refractivity contribution in [3.8, 4) is 0 Å².